The van der Waals surface area contributed by atoms with E-state index in [1.165, 1.54) is 12.1 Å². The highest BCUT2D eigenvalue weighted by Crippen LogP contribution is 2.31. The van der Waals surface area contributed by atoms with Crippen LogP contribution in [0.3, 0.4) is 0 Å². The van der Waals surface area contributed by atoms with Crippen molar-refractivity contribution in [3.63, 3.8) is 0 Å². The van der Waals surface area contributed by atoms with Crippen molar-refractivity contribution in [2.75, 3.05) is 5.32 Å². The number of hydrogen-bond donors (Lipinski definition) is 1. The van der Waals surface area contributed by atoms with Crippen LogP contribution in [0.4, 0.5) is 21.5 Å². The first-order valence-corrected chi connectivity index (χ1v) is 5.83. The van der Waals surface area contributed by atoms with Crippen LogP contribution in [0.25, 0.3) is 0 Å². The normalized spacial score (nSPS) is 10.3. The molecule has 0 heterocycles. The van der Waals surface area contributed by atoms with Gasteiger partial charge in [0.2, 0.25) is 5.82 Å². The molecule has 98 valence electrons. The van der Waals surface area contributed by atoms with Gasteiger partial charge in [0.25, 0.3) is 0 Å². The van der Waals surface area contributed by atoms with Crippen LogP contribution < -0.4 is 5.32 Å². The molecule has 4 nitrogen and oxygen atoms in total. The van der Waals surface area contributed by atoms with Gasteiger partial charge in [-0.3, -0.25) is 10.1 Å². The number of benzene rings is 2. The Balaban J connectivity index is 2.44. The van der Waals surface area contributed by atoms with Crippen LogP contribution in [0.5, 0.6) is 0 Å². The third-order valence-electron chi connectivity index (χ3n) is 2.63. The van der Waals surface area contributed by atoms with Crippen molar-refractivity contribution in [1.29, 1.82) is 0 Å². The topological polar surface area (TPSA) is 55.2 Å². The fraction of sp³-hybridized carbons (Fsp3) is 0.0769. The van der Waals surface area contributed by atoms with E-state index in [2.05, 4.69) is 5.32 Å². The molecule has 1 N–H and O–H groups in total. The Morgan fingerprint density at radius 1 is 1.26 bits per heavy atom. The lowest BCUT2D eigenvalue weighted by Gasteiger charge is -2.10. The van der Waals surface area contributed by atoms with Crippen LogP contribution in [-0.4, -0.2) is 4.92 Å². The van der Waals surface area contributed by atoms with Crippen LogP contribution in [0.2, 0.25) is 5.02 Å². The molecule has 0 fully saturated rings. The molecule has 19 heavy (non-hydrogen) atoms. The number of nitrogens with one attached hydrogen (secondary N) is 1. The molecule has 2 rings (SSSR count). The van der Waals surface area contributed by atoms with Gasteiger partial charge in [0, 0.05) is 10.7 Å². The van der Waals surface area contributed by atoms with Gasteiger partial charge in [0.05, 0.1) is 4.92 Å². The van der Waals surface area contributed by atoms with Gasteiger partial charge >= 0.3 is 5.69 Å². The summed E-state index contributed by atoms with van der Waals surface area (Å²) in [7, 11) is 0. The van der Waals surface area contributed by atoms with E-state index in [9.17, 15) is 14.5 Å². The van der Waals surface area contributed by atoms with Crippen LogP contribution in [0, 0.1) is 22.9 Å². The Hall–Kier alpha value is -2.14. The molecular weight excluding hydrogens is 271 g/mol. The maximum atomic E-state index is 13.5. The van der Waals surface area contributed by atoms with Crippen LogP contribution >= 0.6 is 11.6 Å². The highest BCUT2D eigenvalue weighted by Gasteiger charge is 2.20. The first kappa shape index (κ1) is 13.3. The minimum absolute atomic E-state index is 0.107. The lowest BCUT2D eigenvalue weighted by atomic mass is 10.2. The molecule has 0 unspecified atom stereocenters. The number of rotatable bonds is 3. The number of hydrogen-bond acceptors (Lipinski definition) is 3. The standard InChI is InChI=1S/C13H10ClFN2O2/c1-8-7-9(14)5-6-11(8)16-12-4-2-3-10(15)13(12)17(18)19/h2-7,16H,1H3. The van der Waals surface area contributed by atoms with Crippen molar-refractivity contribution < 1.29 is 9.31 Å². The fourth-order valence-corrected chi connectivity index (χ4v) is 1.94. The van der Waals surface area contributed by atoms with Gasteiger partial charge in [-0.25, -0.2) is 0 Å². The van der Waals surface area contributed by atoms with Gasteiger partial charge in [-0.1, -0.05) is 17.7 Å². The zero-order valence-corrected chi connectivity index (χ0v) is 10.7. The molecule has 0 aliphatic heterocycles. The molecule has 2 aromatic rings. The summed E-state index contributed by atoms with van der Waals surface area (Å²) in [4.78, 5) is 10.1. The monoisotopic (exact) mass is 280 g/mol. The molecule has 0 spiro atoms. The third-order valence-corrected chi connectivity index (χ3v) is 2.86. The largest absolute Gasteiger partial charge is 0.350 e. The highest BCUT2D eigenvalue weighted by molar-refractivity contribution is 6.30. The van der Waals surface area contributed by atoms with Crippen LogP contribution in [-0.2, 0) is 0 Å². The van der Waals surface area contributed by atoms with E-state index in [0.717, 1.165) is 11.6 Å². The number of anilines is 2. The summed E-state index contributed by atoms with van der Waals surface area (Å²) in [6.45, 7) is 1.80. The van der Waals surface area contributed by atoms with E-state index in [1.54, 1.807) is 25.1 Å². The average Bonchev–Trinajstić information content (AvgIpc) is 2.32. The lowest BCUT2D eigenvalue weighted by molar-refractivity contribution is -0.386. The summed E-state index contributed by atoms with van der Waals surface area (Å²) in [6, 6.07) is 8.98. The second-order valence-corrected chi connectivity index (χ2v) is 4.41. The van der Waals surface area contributed by atoms with Gasteiger partial charge < -0.3 is 5.32 Å². The van der Waals surface area contributed by atoms with Gasteiger partial charge in [-0.2, -0.15) is 4.39 Å². The molecule has 0 aromatic heterocycles. The number of halogens is 2. The van der Waals surface area contributed by atoms with E-state index in [0.29, 0.717) is 10.7 Å². The molecule has 0 saturated heterocycles. The van der Waals surface area contributed by atoms with E-state index < -0.39 is 16.4 Å². The Kier molecular flexibility index (Phi) is 3.66. The van der Waals surface area contributed by atoms with Crippen molar-refractivity contribution >= 4 is 28.7 Å². The molecule has 0 atom stereocenters. The zero-order valence-electron chi connectivity index (χ0n) is 9.98. The van der Waals surface area contributed by atoms with Crippen LogP contribution in [0.15, 0.2) is 36.4 Å². The summed E-state index contributed by atoms with van der Waals surface area (Å²) in [6.07, 6.45) is 0. The smallest absolute Gasteiger partial charge is 0.327 e. The molecule has 0 aliphatic rings. The number of aryl methyl sites for hydroxylation is 1. The summed E-state index contributed by atoms with van der Waals surface area (Å²) < 4.78 is 13.5. The van der Waals surface area contributed by atoms with Gasteiger partial charge in [0.15, 0.2) is 0 Å². The molecule has 0 aliphatic carbocycles. The van der Waals surface area contributed by atoms with Crippen LogP contribution in [0.1, 0.15) is 5.56 Å². The Morgan fingerprint density at radius 2 is 2.00 bits per heavy atom. The molecular formula is C13H10ClFN2O2. The maximum Gasteiger partial charge on any atom is 0.327 e. The van der Waals surface area contributed by atoms with Gasteiger partial charge in [-0.05, 0) is 42.8 Å². The van der Waals surface area contributed by atoms with Crippen molar-refractivity contribution in [3.8, 4) is 0 Å². The summed E-state index contributed by atoms with van der Waals surface area (Å²) in [5.74, 6) is -0.874. The first-order chi connectivity index (χ1) is 8.99. The SMILES string of the molecule is Cc1cc(Cl)ccc1Nc1cccc(F)c1[N+](=O)[O-]. The van der Waals surface area contributed by atoms with Crippen molar-refractivity contribution in [2.45, 2.75) is 6.92 Å². The Bertz CT molecular complexity index is 647. The number of nitro groups is 1. The Labute approximate surface area is 114 Å². The minimum Gasteiger partial charge on any atom is -0.350 e. The Morgan fingerprint density at radius 3 is 2.63 bits per heavy atom. The highest BCUT2D eigenvalue weighted by atomic mass is 35.5. The summed E-state index contributed by atoms with van der Waals surface area (Å²) >= 11 is 5.83. The zero-order chi connectivity index (χ0) is 14.0. The molecule has 0 amide bonds. The van der Waals surface area contributed by atoms with E-state index in [4.69, 9.17) is 11.6 Å². The van der Waals surface area contributed by atoms with E-state index in [-0.39, 0.29) is 5.69 Å². The number of nitro benzene ring substituents is 1. The van der Waals surface area contributed by atoms with Crippen molar-refractivity contribution in [2.24, 2.45) is 0 Å². The average molecular weight is 281 g/mol. The number of para-hydroxylation sites is 1. The third kappa shape index (κ3) is 2.82. The summed E-state index contributed by atoms with van der Waals surface area (Å²) in [5, 5.41) is 14.3. The molecule has 2 aromatic carbocycles. The lowest BCUT2D eigenvalue weighted by Crippen LogP contribution is -2.00. The van der Waals surface area contributed by atoms with Crippen molar-refractivity contribution in [3.05, 3.63) is 62.9 Å². The minimum atomic E-state index is -0.874. The predicted molar refractivity (Wildman–Crippen MR) is 72.5 cm³/mol. The second kappa shape index (κ2) is 5.24. The summed E-state index contributed by atoms with van der Waals surface area (Å²) in [5.41, 5.74) is 0.983. The maximum absolute atomic E-state index is 13.5. The first-order valence-electron chi connectivity index (χ1n) is 5.45. The van der Waals surface area contributed by atoms with Gasteiger partial charge in [0.1, 0.15) is 5.69 Å². The number of nitrogens with zero attached hydrogens (tertiary/aromatic N) is 1. The van der Waals surface area contributed by atoms with E-state index >= 15 is 0 Å². The molecule has 0 bridgehead atoms. The predicted octanol–water partition coefficient (Wildman–Crippen LogP) is 4.44. The molecule has 0 saturated carbocycles. The molecule has 6 heteroatoms. The van der Waals surface area contributed by atoms with Crippen molar-refractivity contribution in [1.82, 2.24) is 0 Å². The second-order valence-electron chi connectivity index (χ2n) is 3.98. The molecule has 0 radical (unpaired) electrons. The van der Waals surface area contributed by atoms with Gasteiger partial charge in [-0.15, -0.1) is 0 Å². The quantitative estimate of drug-likeness (QED) is 0.668. The fourth-order valence-electron chi connectivity index (χ4n) is 1.71. The van der Waals surface area contributed by atoms with E-state index in [1.807, 2.05) is 0 Å².